The molecule has 1 aliphatic rings. The fraction of sp³-hybridized carbons (Fsp3) is 0.615. The van der Waals surface area contributed by atoms with Gasteiger partial charge in [-0.15, -0.1) is 0 Å². The molecular weight excluding hydrogens is 296 g/mol. The molecule has 1 aromatic rings. The summed E-state index contributed by atoms with van der Waals surface area (Å²) in [6, 6.07) is 1.18. The molecule has 118 valence electrons. The zero-order valence-electron chi connectivity index (χ0n) is 12.1. The molecule has 2 rings (SSSR count). The number of aromatic carboxylic acids is 1. The molecule has 2 heterocycles. The predicted octanol–water partition coefficient (Wildman–Crippen LogP) is 0.909. The molecule has 1 aliphatic heterocycles. The van der Waals surface area contributed by atoms with E-state index in [1.165, 1.54) is 16.8 Å². The third kappa shape index (κ3) is 3.45. The second kappa shape index (κ2) is 6.17. The highest BCUT2D eigenvalue weighted by Gasteiger charge is 2.27. The van der Waals surface area contributed by atoms with Gasteiger partial charge in [0.1, 0.15) is 10.6 Å². The minimum Gasteiger partial charge on any atom is -0.477 e. The molecule has 0 saturated carbocycles. The SMILES string of the molecule is CCn1cc(S(=O)(=O)NCC2CCOC2C)cc1C(=O)O. The topological polar surface area (TPSA) is 97.6 Å². The van der Waals surface area contributed by atoms with Gasteiger partial charge in [0.15, 0.2) is 0 Å². The number of hydrogen-bond acceptors (Lipinski definition) is 4. The maximum atomic E-state index is 12.2. The molecule has 0 aliphatic carbocycles. The van der Waals surface area contributed by atoms with Crippen LogP contribution in [0.15, 0.2) is 17.2 Å². The van der Waals surface area contributed by atoms with Crippen molar-refractivity contribution in [2.75, 3.05) is 13.2 Å². The number of rotatable bonds is 6. The van der Waals surface area contributed by atoms with Crippen molar-refractivity contribution in [3.8, 4) is 0 Å². The number of ether oxygens (including phenoxy) is 1. The normalized spacial score (nSPS) is 22.6. The summed E-state index contributed by atoms with van der Waals surface area (Å²) in [6.45, 7) is 5.01. The molecule has 0 radical (unpaired) electrons. The number of carboxylic acid groups (broad SMARTS) is 1. The van der Waals surface area contributed by atoms with Crippen LogP contribution in [0.1, 0.15) is 30.8 Å². The number of aromatic nitrogens is 1. The number of sulfonamides is 1. The van der Waals surface area contributed by atoms with E-state index in [9.17, 15) is 13.2 Å². The Kier molecular flexibility index (Phi) is 4.70. The molecule has 8 heteroatoms. The van der Waals surface area contributed by atoms with E-state index in [1.54, 1.807) is 6.92 Å². The Bertz CT molecular complexity index is 623. The highest BCUT2D eigenvalue weighted by Crippen LogP contribution is 2.21. The van der Waals surface area contributed by atoms with Crippen molar-refractivity contribution in [2.24, 2.45) is 5.92 Å². The molecule has 2 unspecified atom stereocenters. The second-order valence-electron chi connectivity index (χ2n) is 5.13. The summed E-state index contributed by atoms with van der Waals surface area (Å²) in [7, 11) is -3.71. The first kappa shape index (κ1) is 16.0. The van der Waals surface area contributed by atoms with Crippen LogP contribution in [0.4, 0.5) is 0 Å². The van der Waals surface area contributed by atoms with Gasteiger partial charge < -0.3 is 14.4 Å². The lowest BCUT2D eigenvalue weighted by Crippen LogP contribution is -2.31. The largest absolute Gasteiger partial charge is 0.477 e. The minimum atomic E-state index is -3.71. The van der Waals surface area contributed by atoms with Crippen molar-refractivity contribution in [2.45, 2.75) is 37.8 Å². The first-order chi connectivity index (χ1) is 9.85. The second-order valence-corrected chi connectivity index (χ2v) is 6.90. The van der Waals surface area contributed by atoms with E-state index in [0.29, 0.717) is 19.7 Å². The highest BCUT2D eigenvalue weighted by molar-refractivity contribution is 7.89. The van der Waals surface area contributed by atoms with Gasteiger partial charge in [-0.3, -0.25) is 0 Å². The third-order valence-electron chi connectivity index (χ3n) is 3.81. The van der Waals surface area contributed by atoms with E-state index in [1.807, 2.05) is 6.92 Å². The van der Waals surface area contributed by atoms with E-state index >= 15 is 0 Å². The van der Waals surface area contributed by atoms with Gasteiger partial charge in [0, 0.05) is 31.8 Å². The van der Waals surface area contributed by atoms with Crippen molar-refractivity contribution in [1.29, 1.82) is 0 Å². The molecule has 1 fully saturated rings. The fourth-order valence-electron chi connectivity index (χ4n) is 2.42. The molecule has 0 bridgehead atoms. The number of hydrogen-bond donors (Lipinski definition) is 2. The lowest BCUT2D eigenvalue weighted by Gasteiger charge is -2.14. The highest BCUT2D eigenvalue weighted by atomic mass is 32.2. The number of nitrogens with zero attached hydrogens (tertiary/aromatic N) is 1. The Hall–Kier alpha value is -1.38. The van der Waals surface area contributed by atoms with Crippen LogP contribution < -0.4 is 4.72 Å². The van der Waals surface area contributed by atoms with Crippen LogP contribution in [0.3, 0.4) is 0 Å². The van der Waals surface area contributed by atoms with Crippen LogP contribution in [0, 0.1) is 5.92 Å². The molecule has 1 saturated heterocycles. The Labute approximate surface area is 124 Å². The monoisotopic (exact) mass is 316 g/mol. The smallest absolute Gasteiger partial charge is 0.352 e. The van der Waals surface area contributed by atoms with Crippen LogP contribution in [0.5, 0.6) is 0 Å². The van der Waals surface area contributed by atoms with Crippen molar-refractivity contribution in [1.82, 2.24) is 9.29 Å². The summed E-state index contributed by atoms with van der Waals surface area (Å²) in [5.74, 6) is -0.997. The molecule has 0 aromatic carbocycles. The summed E-state index contributed by atoms with van der Waals surface area (Å²) in [6.07, 6.45) is 2.20. The summed E-state index contributed by atoms with van der Waals surface area (Å²) < 4.78 is 33.8. The van der Waals surface area contributed by atoms with Gasteiger partial charge >= 0.3 is 5.97 Å². The summed E-state index contributed by atoms with van der Waals surface area (Å²) in [5, 5.41) is 9.06. The van der Waals surface area contributed by atoms with E-state index in [2.05, 4.69) is 4.72 Å². The molecule has 2 atom stereocenters. The Morgan fingerprint density at radius 3 is 2.76 bits per heavy atom. The molecule has 0 spiro atoms. The van der Waals surface area contributed by atoms with Gasteiger partial charge in [0.05, 0.1) is 6.10 Å². The average molecular weight is 316 g/mol. The van der Waals surface area contributed by atoms with E-state index in [0.717, 1.165) is 6.42 Å². The first-order valence-electron chi connectivity index (χ1n) is 6.90. The molecular formula is C13H20N2O5S. The van der Waals surface area contributed by atoms with Crippen LogP contribution in [-0.4, -0.2) is 43.3 Å². The van der Waals surface area contributed by atoms with Gasteiger partial charge in [-0.25, -0.2) is 17.9 Å². The fourth-order valence-corrected chi connectivity index (χ4v) is 3.55. The van der Waals surface area contributed by atoms with Crippen LogP contribution in [0.2, 0.25) is 0 Å². The first-order valence-corrected chi connectivity index (χ1v) is 8.38. The van der Waals surface area contributed by atoms with E-state index in [4.69, 9.17) is 9.84 Å². The lowest BCUT2D eigenvalue weighted by molar-refractivity contribution is 0.0685. The lowest BCUT2D eigenvalue weighted by atomic mass is 10.0. The predicted molar refractivity (Wildman–Crippen MR) is 75.8 cm³/mol. The quantitative estimate of drug-likeness (QED) is 0.813. The van der Waals surface area contributed by atoms with Gasteiger partial charge in [0.2, 0.25) is 10.0 Å². The summed E-state index contributed by atoms with van der Waals surface area (Å²) in [5.41, 5.74) is -0.0320. The van der Waals surface area contributed by atoms with Crippen molar-refractivity contribution < 1.29 is 23.1 Å². The van der Waals surface area contributed by atoms with Gasteiger partial charge in [0.25, 0.3) is 0 Å². The Morgan fingerprint density at radius 2 is 2.29 bits per heavy atom. The molecule has 2 N–H and O–H groups in total. The number of carbonyl (C=O) groups is 1. The Morgan fingerprint density at radius 1 is 1.57 bits per heavy atom. The number of nitrogens with one attached hydrogen (secondary N) is 1. The van der Waals surface area contributed by atoms with Gasteiger partial charge in [-0.2, -0.15) is 0 Å². The van der Waals surface area contributed by atoms with E-state index in [-0.39, 0.29) is 22.6 Å². The molecule has 0 amide bonds. The zero-order chi connectivity index (χ0) is 15.6. The maximum absolute atomic E-state index is 12.2. The van der Waals surface area contributed by atoms with Crippen molar-refractivity contribution >= 4 is 16.0 Å². The Balaban J connectivity index is 2.14. The standard InChI is InChI=1S/C13H20N2O5S/c1-3-15-8-11(6-12(15)13(16)17)21(18,19)14-7-10-4-5-20-9(10)2/h6,8-10,14H,3-5,7H2,1-2H3,(H,16,17). The minimum absolute atomic E-state index is 0.0201. The molecule has 1 aromatic heterocycles. The number of carboxylic acids is 1. The van der Waals surface area contributed by atoms with Crippen molar-refractivity contribution in [3.05, 3.63) is 18.0 Å². The molecule has 7 nitrogen and oxygen atoms in total. The average Bonchev–Trinajstić information content (AvgIpc) is 3.02. The van der Waals surface area contributed by atoms with Crippen LogP contribution in [-0.2, 0) is 21.3 Å². The number of aryl methyl sites for hydroxylation is 1. The summed E-state index contributed by atoms with van der Waals surface area (Å²) >= 11 is 0. The third-order valence-corrected chi connectivity index (χ3v) is 5.20. The van der Waals surface area contributed by atoms with Crippen molar-refractivity contribution in [3.63, 3.8) is 0 Å². The summed E-state index contributed by atoms with van der Waals surface area (Å²) in [4.78, 5) is 11.1. The van der Waals surface area contributed by atoms with Gasteiger partial charge in [-0.05, 0) is 26.3 Å². The van der Waals surface area contributed by atoms with Crippen LogP contribution in [0.25, 0.3) is 0 Å². The van der Waals surface area contributed by atoms with E-state index < -0.39 is 16.0 Å². The zero-order valence-corrected chi connectivity index (χ0v) is 12.9. The van der Waals surface area contributed by atoms with Crippen LogP contribution >= 0.6 is 0 Å². The van der Waals surface area contributed by atoms with Gasteiger partial charge in [-0.1, -0.05) is 0 Å². The molecule has 21 heavy (non-hydrogen) atoms. The maximum Gasteiger partial charge on any atom is 0.352 e.